The second-order valence-electron chi connectivity index (χ2n) is 5.46. The molecule has 0 fully saturated rings. The highest BCUT2D eigenvalue weighted by molar-refractivity contribution is 5.99. The van der Waals surface area contributed by atoms with Crippen molar-refractivity contribution < 1.29 is 0 Å². The van der Waals surface area contributed by atoms with Gasteiger partial charge in [0.15, 0.2) is 0 Å². The van der Waals surface area contributed by atoms with Gasteiger partial charge in [0.2, 0.25) is 0 Å². The second kappa shape index (κ2) is 5.26. The van der Waals surface area contributed by atoms with Gasteiger partial charge in [-0.15, -0.1) is 0 Å². The number of hydrogen-bond donors (Lipinski definition) is 1. The van der Waals surface area contributed by atoms with Gasteiger partial charge in [-0.25, -0.2) is 0 Å². The molecule has 0 rings (SSSR count). The molecule has 2 heteroatoms. The van der Waals surface area contributed by atoms with Crippen molar-refractivity contribution in [1.29, 1.82) is 0 Å². The van der Waals surface area contributed by atoms with Gasteiger partial charge in [-0.05, 0) is 26.0 Å². The SMILES string of the molecule is C=C/C=C(\N=C(C=C)C(C)(C)C)C(C)(C)N. The Morgan fingerprint density at radius 2 is 1.62 bits per heavy atom. The highest BCUT2D eigenvalue weighted by atomic mass is 14.9. The average molecular weight is 220 g/mol. The summed E-state index contributed by atoms with van der Waals surface area (Å²) in [7, 11) is 0. The van der Waals surface area contributed by atoms with Crippen LogP contribution < -0.4 is 5.73 Å². The third kappa shape index (κ3) is 4.58. The number of hydrogen-bond acceptors (Lipinski definition) is 2. The predicted octanol–water partition coefficient (Wildman–Crippen LogP) is 3.47. The number of nitrogens with two attached hydrogens (primary N) is 1. The molecule has 16 heavy (non-hydrogen) atoms. The van der Waals surface area contributed by atoms with E-state index in [1.54, 1.807) is 12.2 Å². The molecule has 0 heterocycles. The van der Waals surface area contributed by atoms with Gasteiger partial charge in [0, 0.05) is 11.1 Å². The van der Waals surface area contributed by atoms with Gasteiger partial charge < -0.3 is 5.73 Å². The molecule has 0 amide bonds. The van der Waals surface area contributed by atoms with Gasteiger partial charge in [-0.2, -0.15) is 0 Å². The van der Waals surface area contributed by atoms with Crippen molar-refractivity contribution in [2.75, 3.05) is 0 Å². The monoisotopic (exact) mass is 220 g/mol. The Morgan fingerprint density at radius 3 is 1.88 bits per heavy atom. The van der Waals surface area contributed by atoms with Crippen LogP contribution in [-0.2, 0) is 0 Å². The smallest absolute Gasteiger partial charge is 0.0600 e. The molecule has 0 aliphatic heterocycles. The van der Waals surface area contributed by atoms with Crippen LogP contribution in [0.2, 0.25) is 0 Å². The van der Waals surface area contributed by atoms with Crippen LogP contribution in [0.5, 0.6) is 0 Å². The van der Waals surface area contributed by atoms with Crippen molar-refractivity contribution in [1.82, 2.24) is 0 Å². The van der Waals surface area contributed by atoms with Crippen LogP contribution in [0.25, 0.3) is 0 Å². The molecule has 0 aromatic rings. The minimum atomic E-state index is -0.478. The summed E-state index contributed by atoms with van der Waals surface area (Å²) in [6, 6.07) is 0. The molecule has 90 valence electrons. The maximum Gasteiger partial charge on any atom is 0.0600 e. The molecular weight excluding hydrogens is 196 g/mol. The van der Waals surface area contributed by atoms with Crippen LogP contribution >= 0.6 is 0 Å². The minimum Gasteiger partial charge on any atom is -0.321 e. The van der Waals surface area contributed by atoms with Crippen LogP contribution in [-0.4, -0.2) is 11.3 Å². The zero-order valence-corrected chi connectivity index (χ0v) is 11.2. The molecule has 0 unspecified atom stereocenters. The first kappa shape index (κ1) is 14.8. The number of nitrogens with zero attached hydrogens (tertiary/aromatic N) is 1. The molecule has 2 nitrogen and oxygen atoms in total. The third-order valence-electron chi connectivity index (χ3n) is 2.14. The zero-order chi connectivity index (χ0) is 13.0. The molecule has 0 aromatic carbocycles. The fourth-order valence-electron chi connectivity index (χ4n) is 1.16. The van der Waals surface area contributed by atoms with Crippen molar-refractivity contribution in [3.05, 3.63) is 37.1 Å². The molecule has 2 N–H and O–H groups in total. The van der Waals surface area contributed by atoms with Crippen LogP contribution in [0.4, 0.5) is 0 Å². The number of allylic oxidation sites excluding steroid dienone is 3. The molecule has 0 aromatic heterocycles. The summed E-state index contributed by atoms with van der Waals surface area (Å²) in [6.45, 7) is 17.6. The fourth-order valence-corrected chi connectivity index (χ4v) is 1.16. The zero-order valence-electron chi connectivity index (χ0n) is 11.2. The van der Waals surface area contributed by atoms with E-state index in [1.807, 2.05) is 19.9 Å². The van der Waals surface area contributed by atoms with Crippen LogP contribution in [0, 0.1) is 5.41 Å². The maximum atomic E-state index is 6.05. The normalized spacial score (nSPS) is 14.9. The van der Waals surface area contributed by atoms with E-state index in [4.69, 9.17) is 5.73 Å². The minimum absolute atomic E-state index is 0.0345. The quantitative estimate of drug-likeness (QED) is 0.572. The Hall–Kier alpha value is -1.15. The van der Waals surface area contributed by atoms with Gasteiger partial charge in [0.25, 0.3) is 0 Å². The molecule has 0 atom stereocenters. The summed E-state index contributed by atoms with van der Waals surface area (Å²) >= 11 is 0. The highest BCUT2D eigenvalue weighted by Gasteiger charge is 2.21. The molecule has 0 saturated carbocycles. The Balaban J connectivity index is 5.45. The average Bonchev–Trinajstić information content (AvgIpc) is 2.07. The van der Waals surface area contributed by atoms with Crippen molar-refractivity contribution in [3.63, 3.8) is 0 Å². The molecule has 0 aliphatic carbocycles. The molecule has 0 aliphatic rings. The first-order chi connectivity index (χ1) is 7.12. The van der Waals surface area contributed by atoms with Crippen LogP contribution in [0.3, 0.4) is 0 Å². The highest BCUT2D eigenvalue weighted by Crippen LogP contribution is 2.22. The molecule has 0 bridgehead atoms. The molecule has 0 spiro atoms. The van der Waals surface area contributed by atoms with Crippen molar-refractivity contribution in [3.8, 4) is 0 Å². The lowest BCUT2D eigenvalue weighted by atomic mass is 9.89. The van der Waals surface area contributed by atoms with Gasteiger partial charge >= 0.3 is 0 Å². The van der Waals surface area contributed by atoms with E-state index in [1.165, 1.54) is 0 Å². The molecular formula is C14H24N2. The Bertz CT molecular complexity index is 320. The second-order valence-corrected chi connectivity index (χ2v) is 5.46. The summed E-state index contributed by atoms with van der Waals surface area (Å²) in [5, 5.41) is 0. The van der Waals surface area contributed by atoms with Crippen molar-refractivity contribution >= 4 is 5.71 Å². The lowest BCUT2D eigenvalue weighted by Crippen LogP contribution is -2.34. The Labute approximate surface area is 99.6 Å². The number of aliphatic imine (C=N–C) groups is 1. The van der Waals surface area contributed by atoms with E-state index in [2.05, 4.69) is 38.9 Å². The summed E-state index contributed by atoms with van der Waals surface area (Å²) in [5.74, 6) is 0. The standard InChI is InChI=1S/C14H24N2/c1-8-10-12(14(6,7)15)16-11(9-2)13(3,4)5/h8-10H,1-2,15H2,3-7H3/b12-10-,16-11?. The van der Waals surface area contributed by atoms with Crippen LogP contribution in [0.1, 0.15) is 34.6 Å². The molecule has 0 radical (unpaired) electrons. The topological polar surface area (TPSA) is 38.4 Å². The summed E-state index contributed by atoms with van der Waals surface area (Å²) in [4.78, 5) is 4.59. The Kier molecular flexibility index (Phi) is 4.88. The van der Waals surface area contributed by atoms with Gasteiger partial charge in [0.05, 0.1) is 11.2 Å². The summed E-state index contributed by atoms with van der Waals surface area (Å²) < 4.78 is 0. The van der Waals surface area contributed by atoms with Crippen LogP contribution in [0.15, 0.2) is 42.1 Å². The summed E-state index contributed by atoms with van der Waals surface area (Å²) in [5.41, 5.74) is 7.28. The van der Waals surface area contributed by atoms with E-state index >= 15 is 0 Å². The van der Waals surface area contributed by atoms with Gasteiger partial charge in [0.1, 0.15) is 0 Å². The van der Waals surface area contributed by atoms with E-state index in [-0.39, 0.29) is 5.41 Å². The third-order valence-corrected chi connectivity index (χ3v) is 2.14. The number of rotatable bonds is 4. The van der Waals surface area contributed by atoms with Gasteiger partial charge in [-0.1, -0.05) is 40.0 Å². The van der Waals surface area contributed by atoms with E-state index in [9.17, 15) is 0 Å². The largest absolute Gasteiger partial charge is 0.321 e. The van der Waals surface area contributed by atoms with E-state index in [0.717, 1.165) is 11.4 Å². The predicted molar refractivity (Wildman–Crippen MR) is 73.6 cm³/mol. The first-order valence-corrected chi connectivity index (χ1v) is 5.46. The maximum absolute atomic E-state index is 6.05. The lowest BCUT2D eigenvalue weighted by Gasteiger charge is -2.24. The first-order valence-electron chi connectivity index (χ1n) is 5.46. The fraction of sp³-hybridized carbons (Fsp3) is 0.500. The van der Waals surface area contributed by atoms with E-state index in [0.29, 0.717) is 0 Å². The van der Waals surface area contributed by atoms with Crippen molar-refractivity contribution in [2.24, 2.45) is 16.1 Å². The summed E-state index contributed by atoms with van der Waals surface area (Å²) in [6.07, 6.45) is 5.33. The Morgan fingerprint density at radius 1 is 1.12 bits per heavy atom. The lowest BCUT2D eigenvalue weighted by molar-refractivity contribution is 0.577. The van der Waals surface area contributed by atoms with Crippen molar-refractivity contribution in [2.45, 2.75) is 40.2 Å². The van der Waals surface area contributed by atoms with Gasteiger partial charge in [-0.3, -0.25) is 4.99 Å². The molecule has 0 saturated heterocycles. The van der Waals surface area contributed by atoms with E-state index < -0.39 is 5.54 Å².